The average molecular weight is 235 g/mol. The molecule has 2 amide bonds. The van der Waals surface area contributed by atoms with E-state index in [0.717, 1.165) is 0 Å². The summed E-state index contributed by atoms with van der Waals surface area (Å²) in [5.74, 6) is -0.637. The van der Waals surface area contributed by atoms with Crippen molar-refractivity contribution in [1.82, 2.24) is 10.3 Å². The standard InChI is InChI=1S/C11H13N3O3/c1-7(15)9-3-2-8(4-12-9)14-5-10(16)13-11(17)6-14/h2-4,7,15H,5-6H2,1H3,(H,13,16,17)/t7-/m1/s1. The largest absolute Gasteiger partial charge is 0.387 e. The summed E-state index contributed by atoms with van der Waals surface area (Å²) in [5.41, 5.74) is 1.25. The van der Waals surface area contributed by atoms with Crippen LogP contribution in [0.15, 0.2) is 18.3 Å². The molecule has 0 saturated carbocycles. The van der Waals surface area contributed by atoms with Crippen molar-refractivity contribution >= 4 is 17.5 Å². The lowest BCUT2D eigenvalue weighted by Crippen LogP contribution is -2.51. The number of carbonyl (C=O) groups excluding carboxylic acids is 2. The molecule has 2 rings (SSSR count). The normalized spacial score (nSPS) is 17.9. The van der Waals surface area contributed by atoms with Gasteiger partial charge >= 0.3 is 0 Å². The Labute approximate surface area is 98.3 Å². The Hall–Kier alpha value is -1.95. The van der Waals surface area contributed by atoms with E-state index in [1.54, 1.807) is 30.2 Å². The molecule has 90 valence electrons. The van der Waals surface area contributed by atoms with Crippen molar-refractivity contribution in [2.24, 2.45) is 0 Å². The third-order valence-corrected chi connectivity index (χ3v) is 2.51. The number of aliphatic hydroxyl groups is 1. The van der Waals surface area contributed by atoms with E-state index in [1.807, 2.05) is 0 Å². The summed E-state index contributed by atoms with van der Waals surface area (Å²) in [6.45, 7) is 1.91. The summed E-state index contributed by atoms with van der Waals surface area (Å²) in [6.07, 6.45) is 0.920. The highest BCUT2D eigenvalue weighted by Gasteiger charge is 2.22. The van der Waals surface area contributed by atoms with Crippen molar-refractivity contribution in [3.8, 4) is 0 Å². The number of rotatable bonds is 2. The maximum absolute atomic E-state index is 11.2. The first-order valence-electron chi connectivity index (χ1n) is 5.28. The van der Waals surface area contributed by atoms with Gasteiger partial charge in [-0.3, -0.25) is 19.9 Å². The van der Waals surface area contributed by atoms with Gasteiger partial charge < -0.3 is 10.0 Å². The molecule has 0 unspecified atom stereocenters. The SMILES string of the molecule is C[C@@H](O)c1ccc(N2CC(=O)NC(=O)C2)cn1. The highest BCUT2D eigenvalue weighted by Crippen LogP contribution is 2.16. The molecule has 17 heavy (non-hydrogen) atoms. The summed E-state index contributed by atoms with van der Waals surface area (Å²) >= 11 is 0. The maximum Gasteiger partial charge on any atom is 0.246 e. The molecule has 1 aliphatic rings. The molecule has 0 spiro atoms. The number of pyridine rings is 1. The van der Waals surface area contributed by atoms with E-state index >= 15 is 0 Å². The summed E-state index contributed by atoms with van der Waals surface area (Å²) in [7, 11) is 0. The molecule has 6 nitrogen and oxygen atoms in total. The summed E-state index contributed by atoms with van der Waals surface area (Å²) in [6, 6.07) is 3.41. The Balaban J connectivity index is 2.16. The van der Waals surface area contributed by atoms with Gasteiger partial charge in [0.05, 0.1) is 36.8 Å². The zero-order valence-corrected chi connectivity index (χ0v) is 9.38. The van der Waals surface area contributed by atoms with Gasteiger partial charge in [-0.05, 0) is 19.1 Å². The predicted octanol–water partition coefficient (Wildman–Crippen LogP) is -0.402. The first kappa shape index (κ1) is 11.5. The number of piperazine rings is 1. The van der Waals surface area contributed by atoms with Crippen molar-refractivity contribution in [3.63, 3.8) is 0 Å². The number of aromatic nitrogens is 1. The minimum Gasteiger partial charge on any atom is -0.387 e. The van der Waals surface area contributed by atoms with Gasteiger partial charge in [0, 0.05) is 0 Å². The van der Waals surface area contributed by atoms with Crippen LogP contribution in [0.4, 0.5) is 5.69 Å². The number of hydrogen-bond acceptors (Lipinski definition) is 5. The number of amides is 2. The molecular formula is C11H13N3O3. The topological polar surface area (TPSA) is 82.5 Å². The van der Waals surface area contributed by atoms with Crippen LogP contribution in [-0.4, -0.2) is 35.0 Å². The number of imide groups is 1. The molecule has 1 aliphatic heterocycles. The number of carbonyl (C=O) groups is 2. The van der Waals surface area contributed by atoms with Gasteiger partial charge in [-0.1, -0.05) is 0 Å². The molecule has 2 N–H and O–H groups in total. The van der Waals surface area contributed by atoms with Crippen LogP contribution < -0.4 is 10.2 Å². The summed E-state index contributed by atoms with van der Waals surface area (Å²) in [5, 5.41) is 11.5. The predicted molar refractivity (Wildman–Crippen MR) is 60.2 cm³/mol. The number of anilines is 1. The van der Waals surface area contributed by atoms with Crippen molar-refractivity contribution < 1.29 is 14.7 Å². The third-order valence-electron chi connectivity index (χ3n) is 2.51. The van der Waals surface area contributed by atoms with E-state index in [1.165, 1.54) is 0 Å². The van der Waals surface area contributed by atoms with Gasteiger partial charge in [0.25, 0.3) is 0 Å². The molecule has 1 aromatic rings. The molecule has 0 aromatic carbocycles. The molecule has 0 bridgehead atoms. The van der Waals surface area contributed by atoms with Gasteiger partial charge in [-0.2, -0.15) is 0 Å². The quantitative estimate of drug-likeness (QED) is 0.681. The van der Waals surface area contributed by atoms with Crippen LogP contribution in [0.5, 0.6) is 0 Å². The van der Waals surface area contributed by atoms with E-state index in [2.05, 4.69) is 10.3 Å². The van der Waals surface area contributed by atoms with Gasteiger partial charge in [0.1, 0.15) is 0 Å². The van der Waals surface area contributed by atoms with Crippen LogP contribution in [0.2, 0.25) is 0 Å². The lowest BCUT2D eigenvalue weighted by molar-refractivity contribution is -0.130. The van der Waals surface area contributed by atoms with E-state index < -0.39 is 6.10 Å². The second kappa shape index (κ2) is 4.50. The van der Waals surface area contributed by atoms with Crippen molar-refractivity contribution in [3.05, 3.63) is 24.0 Å². The lowest BCUT2D eigenvalue weighted by atomic mass is 10.2. The lowest BCUT2D eigenvalue weighted by Gasteiger charge is -2.27. The molecule has 1 atom stereocenters. The first-order chi connectivity index (χ1) is 8.06. The van der Waals surface area contributed by atoms with E-state index in [-0.39, 0.29) is 24.9 Å². The zero-order valence-electron chi connectivity index (χ0n) is 9.38. The highest BCUT2D eigenvalue weighted by molar-refractivity contribution is 6.02. The second-order valence-corrected chi connectivity index (χ2v) is 3.94. The number of nitrogens with zero attached hydrogens (tertiary/aromatic N) is 2. The summed E-state index contributed by atoms with van der Waals surface area (Å²) < 4.78 is 0. The van der Waals surface area contributed by atoms with Gasteiger partial charge in [0.15, 0.2) is 0 Å². The van der Waals surface area contributed by atoms with Crippen molar-refractivity contribution in [2.75, 3.05) is 18.0 Å². The first-order valence-corrected chi connectivity index (χ1v) is 5.28. The Kier molecular flexibility index (Phi) is 3.06. The maximum atomic E-state index is 11.2. The fourth-order valence-electron chi connectivity index (χ4n) is 1.65. The fourth-order valence-corrected chi connectivity index (χ4v) is 1.65. The second-order valence-electron chi connectivity index (χ2n) is 3.94. The third kappa shape index (κ3) is 2.59. The highest BCUT2D eigenvalue weighted by atomic mass is 16.3. The zero-order chi connectivity index (χ0) is 12.4. The minimum atomic E-state index is -0.629. The fraction of sp³-hybridized carbons (Fsp3) is 0.364. The Bertz CT molecular complexity index is 426. The molecule has 1 aromatic heterocycles. The van der Waals surface area contributed by atoms with Crippen LogP contribution >= 0.6 is 0 Å². The Morgan fingerprint density at radius 1 is 1.35 bits per heavy atom. The number of hydrogen-bond donors (Lipinski definition) is 2. The van der Waals surface area contributed by atoms with Crippen LogP contribution in [0.3, 0.4) is 0 Å². The number of nitrogens with one attached hydrogen (secondary N) is 1. The molecule has 0 radical (unpaired) electrons. The molecule has 0 aliphatic carbocycles. The number of aliphatic hydroxyl groups excluding tert-OH is 1. The van der Waals surface area contributed by atoms with Gasteiger partial charge in [0.2, 0.25) is 11.8 Å². The Morgan fingerprint density at radius 2 is 2.00 bits per heavy atom. The molecular weight excluding hydrogens is 222 g/mol. The van der Waals surface area contributed by atoms with Gasteiger partial charge in [-0.15, -0.1) is 0 Å². The summed E-state index contributed by atoms with van der Waals surface area (Å²) in [4.78, 5) is 28.1. The van der Waals surface area contributed by atoms with Crippen LogP contribution in [0, 0.1) is 0 Å². The van der Waals surface area contributed by atoms with Crippen LogP contribution in [0.1, 0.15) is 18.7 Å². The molecule has 1 saturated heterocycles. The van der Waals surface area contributed by atoms with E-state index in [4.69, 9.17) is 0 Å². The van der Waals surface area contributed by atoms with Crippen molar-refractivity contribution in [1.29, 1.82) is 0 Å². The minimum absolute atomic E-state index is 0.140. The van der Waals surface area contributed by atoms with Gasteiger partial charge in [-0.25, -0.2) is 0 Å². The van der Waals surface area contributed by atoms with E-state index in [9.17, 15) is 14.7 Å². The van der Waals surface area contributed by atoms with E-state index in [0.29, 0.717) is 11.4 Å². The smallest absolute Gasteiger partial charge is 0.246 e. The van der Waals surface area contributed by atoms with Crippen molar-refractivity contribution in [2.45, 2.75) is 13.0 Å². The van der Waals surface area contributed by atoms with Crippen LogP contribution in [0.25, 0.3) is 0 Å². The average Bonchev–Trinajstić information content (AvgIpc) is 2.28. The van der Waals surface area contributed by atoms with Crippen LogP contribution in [-0.2, 0) is 9.59 Å². The molecule has 6 heteroatoms. The Morgan fingerprint density at radius 3 is 2.47 bits per heavy atom. The molecule has 1 fully saturated rings. The molecule has 2 heterocycles. The monoisotopic (exact) mass is 235 g/mol.